The SMILES string of the molecule is CCCCCCCCCC/C=C\CCCCCCCCCCCCCCCCCCCCCCCCCCCC(=O)NC(COP(=O)(O)OCC[N+](C)(C)C)C(O)/C=C/CC/C=C/CCCCCCCCCCC. The minimum Gasteiger partial charge on any atom is -0.387 e. The Morgan fingerprint density at radius 3 is 1.08 bits per heavy atom. The molecule has 438 valence electrons. The third-order valence-corrected chi connectivity index (χ3v) is 15.8. The Hall–Kier alpha value is -1.28. The molecule has 0 heterocycles. The molecule has 0 saturated carbocycles. The lowest BCUT2D eigenvalue weighted by atomic mass is 10.0. The molecular weight excluding hydrogens is 936 g/mol. The Bertz CT molecular complexity index is 1300. The number of carbonyl (C=O) groups excluding carboxylic acids is 1. The number of phosphoric acid groups is 1. The first-order chi connectivity index (χ1) is 36.0. The van der Waals surface area contributed by atoms with Gasteiger partial charge in [-0.15, -0.1) is 0 Å². The number of aliphatic hydroxyl groups excluding tert-OH is 1. The average Bonchev–Trinajstić information content (AvgIpc) is 3.36. The second-order valence-corrected chi connectivity index (χ2v) is 24.9. The number of quaternary nitrogens is 1. The smallest absolute Gasteiger partial charge is 0.387 e. The fourth-order valence-electron chi connectivity index (χ4n) is 9.76. The number of likely N-dealkylation sites (N-methyl/N-ethyl adjacent to an activating group) is 1. The first-order valence-corrected chi connectivity index (χ1v) is 33.9. The predicted octanol–water partition coefficient (Wildman–Crippen LogP) is 20.1. The van der Waals surface area contributed by atoms with Crippen LogP contribution in [-0.4, -0.2) is 73.4 Å². The van der Waals surface area contributed by atoms with Gasteiger partial charge in [0.2, 0.25) is 5.91 Å². The van der Waals surface area contributed by atoms with Gasteiger partial charge in [0, 0.05) is 6.42 Å². The third kappa shape index (κ3) is 58.4. The first kappa shape index (κ1) is 72.7. The zero-order chi connectivity index (χ0) is 54.2. The molecule has 0 fully saturated rings. The van der Waals surface area contributed by atoms with Gasteiger partial charge < -0.3 is 19.8 Å². The summed E-state index contributed by atoms with van der Waals surface area (Å²) in [5.74, 6) is -0.181. The minimum absolute atomic E-state index is 0.0580. The number of rotatable bonds is 60. The van der Waals surface area contributed by atoms with Crippen molar-refractivity contribution in [1.29, 1.82) is 0 Å². The van der Waals surface area contributed by atoms with Gasteiger partial charge in [-0.05, 0) is 57.8 Å². The summed E-state index contributed by atoms with van der Waals surface area (Å²) in [5, 5.41) is 13.9. The maximum atomic E-state index is 13.0. The standard InChI is InChI=1S/C65H127N2O6P/c1-6-8-10-12-14-16-18-20-22-23-24-25-26-27-28-29-30-31-32-33-34-35-36-37-38-39-40-41-42-43-45-47-49-51-53-55-57-59-65(69)66-63(62-73-74(70,71)72-61-60-67(3,4)5)64(68)58-56-54-52-50-48-46-44-21-19-17-15-13-11-9-7-2/h23-24,48,50,56,58,63-64,68H,6-22,25-47,49,51-55,57,59-62H2,1-5H3,(H-,66,69,70,71)/p+1/b24-23-,50-48+,58-56+. The van der Waals surface area contributed by atoms with Gasteiger partial charge in [0.05, 0.1) is 39.9 Å². The Morgan fingerprint density at radius 2 is 0.743 bits per heavy atom. The van der Waals surface area contributed by atoms with E-state index in [9.17, 15) is 19.4 Å². The van der Waals surface area contributed by atoms with Crippen LogP contribution in [0.3, 0.4) is 0 Å². The highest BCUT2D eigenvalue weighted by Crippen LogP contribution is 2.43. The van der Waals surface area contributed by atoms with Gasteiger partial charge in [-0.3, -0.25) is 13.8 Å². The average molecular weight is 1060 g/mol. The molecule has 0 aliphatic carbocycles. The second kappa shape index (κ2) is 56.4. The number of allylic oxidation sites excluding steroid dienone is 5. The highest BCUT2D eigenvalue weighted by molar-refractivity contribution is 7.47. The van der Waals surface area contributed by atoms with E-state index in [1.807, 2.05) is 27.2 Å². The zero-order valence-corrected chi connectivity index (χ0v) is 51.0. The molecule has 74 heavy (non-hydrogen) atoms. The molecule has 0 saturated heterocycles. The van der Waals surface area contributed by atoms with E-state index in [-0.39, 0.29) is 19.1 Å². The second-order valence-electron chi connectivity index (χ2n) is 23.5. The monoisotopic (exact) mass is 1060 g/mol. The molecule has 1 amide bonds. The lowest BCUT2D eigenvalue weighted by Crippen LogP contribution is -2.45. The molecule has 8 nitrogen and oxygen atoms in total. The van der Waals surface area contributed by atoms with Crippen LogP contribution < -0.4 is 5.32 Å². The molecule has 3 atom stereocenters. The van der Waals surface area contributed by atoms with Crippen molar-refractivity contribution < 1.29 is 32.9 Å². The third-order valence-electron chi connectivity index (χ3n) is 14.8. The van der Waals surface area contributed by atoms with Crippen LogP contribution in [0, 0.1) is 0 Å². The number of phosphoric ester groups is 1. The molecule has 3 unspecified atom stereocenters. The van der Waals surface area contributed by atoms with E-state index < -0.39 is 20.0 Å². The number of nitrogens with one attached hydrogen (secondary N) is 1. The largest absolute Gasteiger partial charge is 0.472 e. The molecule has 3 N–H and O–H groups in total. The van der Waals surface area contributed by atoms with E-state index >= 15 is 0 Å². The number of aliphatic hydroxyl groups is 1. The van der Waals surface area contributed by atoms with E-state index in [1.165, 1.54) is 263 Å². The summed E-state index contributed by atoms with van der Waals surface area (Å²) in [6.45, 7) is 4.82. The van der Waals surface area contributed by atoms with Crippen molar-refractivity contribution in [2.45, 2.75) is 334 Å². The number of hydrogen-bond donors (Lipinski definition) is 3. The van der Waals surface area contributed by atoms with Crippen LogP contribution in [0.2, 0.25) is 0 Å². The number of carbonyl (C=O) groups is 1. The summed E-state index contributed by atoms with van der Waals surface area (Å²) in [7, 11) is 1.57. The first-order valence-electron chi connectivity index (χ1n) is 32.4. The van der Waals surface area contributed by atoms with E-state index in [0.717, 1.165) is 38.5 Å². The van der Waals surface area contributed by atoms with Crippen molar-refractivity contribution in [2.24, 2.45) is 0 Å². The van der Waals surface area contributed by atoms with Crippen molar-refractivity contribution in [3.05, 3.63) is 36.5 Å². The Kier molecular flexibility index (Phi) is 55.5. The molecule has 0 spiro atoms. The van der Waals surface area contributed by atoms with Crippen molar-refractivity contribution in [2.75, 3.05) is 40.9 Å². The van der Waals surface area contributed by atoms with Crippen LogP contribution in [0.5, 0.6) is 0 Å². The fourth-order valence-corrected chi connectivity index (χ4v) is 10.5. The summed E-state index contributed by atoms with van der Waals surface area (Å²) >= 11 is 0. The quantitative estimate of drug-likeness (QED) is 0.0243. The summed E-state index contributed by atoms with van der Waals surface area (Å²) < 4.78 is 23.7. The van der Waals surface area contributed by atoms with E-state index in [1.54, 1.807) is 6.08 Å². The highest BCUT2D eigenvalue weighted by atomic mass is 31.2. The van der Waals surface area contributed by atoms with Crippen LogP contribution in [0.25, 0.3) is 0 Å². The van der Waals surface area contributed by atoms with Gasteiger partial charge in [0.25, 0.3) is 0 Å². The lowest BCUT2D eigenvalue weighted by Gasteiger charge is -2.25. The van der Waals surface area contributed by atoms with Crippen molar-refractivity contribution >= 4 is 13.7 Å². The van der Waals surface area contributed by atoms with E-state index in [0.29, 0.717) is 17.4 Å². The number of amides is 1. The molecule has 0 rings (SSSR count). The highest BCUT2D eigenvalue weighted by Gasteiger charge is 2.27. The van der Waals surface area contributed by atoms with Crippen LogP contribution in [0.1, 0.15) is 322 Å². The topological polar surface area (TPSA) is 105 Å². The fraction of sp³-hybridized carbons (Fsp3) is 0.892. The Labute approximate surface area is 461 Å². The Morgan fingerprint density at radius 1 is 0.446 bits per heavy atom. The molecular formula is C65H128N2O6P+. The van der Waals surface area contributed by atoms with Crippen molar-refractivity contribution in [3.8, 4) is 0 Å². The van der Waals surface area contributed by atoms with Crippen LogP contribution in [0.15, 0.2) is 36.5 Å². The number of nitrogens with zero attached hydrogens (tertiary/aromatic N) is 1. The molecule has 0 aromatic rings. The zero-order valence-electron chi connectivity index (χ0n) is 50.1. The molecule has 0 radical (unpaired) electrons. The van der Waals surface area contributed by atoms with Gasteiger partial charge >= 0.3 is 7.82 Å². The number of hydrogen-bond acceptors (Lipinski definition) is 5. The number of unbranched alkanes of at least 4 members (excludes halogenated alkanes) is 43. The minimum atomic E-state index is -4.35. The van der Waals surface area contributed by atoms with E-state index in [4.69, 9.17) is 9.05 Å². The van der Waals surface area contributed by atoms with E-state index in [2.05, 4.69) is 43.5 Å². The lowest BCUT2D eigenvalue weighted by molar-refractivity contribution is -0.870. The molecule has 9 heteroatoms. The van der Waals surface area contributed by atoms with Crippen molar-refractivity contribution in [3.63, 3.8) is 0 Å². The maximum absolute atomic E-state index is 13.0. The maximum Gasteiger partial charge on any atom is 0.472 e. The Balaban J connectivity index is 3.93. The van der Waals surface area contributed by atoms with Gasteiger partial charge in [0.1, 0.15) is 13.2 Å². The molecule has 0 aromatic heterocycles. The van der Waals surface area contributed by atoms with Crippen LogP contribution in [-0.2, 0) is 18.4 Å². The molecule has 0 aromatic carbocycles. The van der Waals surface area contributed by atoms with Gasteiger partial charge in [-0.25, -0.2) is 4.57 Å². The summed E-state index contributed by atoms with van der Waals surface area (Å²) in [4.78, 5) is 23.3. The van der Waals surface area contributed by atoms with Gasteiger partial charge in [-0.1, -0.05) is 294 Å². The van der Waals surface area contributed by atoms with Crippen molar-refractivity contribution in [1.82, 2.24) is 5.32 Å². The summed E-state index contributed by atoms with van der Waals surface area (Å²) in [5.41, 5.74) is 0. The predicted molar refractivity (Wildman–Crippen MR) is 323 cm³/mol. The molecule has 0 bridgehead atoms. The van der Waals surface area contributed by atoms with Gasteiger partial charge in [0.15, 0.2) is 0 Å². The van der Waals surface area contributed by atoms with Crippen LogP contribution in [0.4, 0.5) is 0 Å². The molecule has 0 aliphatic heterocycles. The van der Waals surface area contributed by atoms with Gasteiger partial charge in [-0.2, -0.15) is 0 Å². The molecule has 0 aliphatic rings. The summed E-state index contributed by atoms with van der Waals surface area (Å²) in [6.07, 6.45) is 74.4. The summed E-state index contributed by atoms with van der Waals surface area (Å²) in [6, 6.07) is -0.861. The van der Waals surface area contributed by atoms with Crippen LogP contribution >= 0.6 is 7.82 Å². The normalized spacial score (nSPS) is 14.0.